The molecule has 3 rings (SSSR count). The molecule has 30 heavy (non-hydrogen) atoms. The van der Waals surface area contributed by atoms with Crippen molar-refractivity contribution in [2.75, 3.05) is 0 Å². The van der Waals surface area contributed by atoms with Crippen LogP contribution in [0.5, 0.6) is 0 Å². The van der Waals surface area contributed by atoms with Crippen molar-refractivity contribution in [3.05, 3.63) is 76.1 Å². The number of nitro benzene ring substituents is 1. The number of hydrazine groups is 1. The predicted molar refractivity (Wildman–Crippen MR) is 108 cm³/mol. The maximum Gasteiger partial charge on any atom is 0.269 e. The molecule has 156 valence electrons. The molecule has 13 heteroatoms. The Morgan fingerprint density at radius 2 is 1.83 bits per heavy atom. The van der Waals surface area contributed by atoms with Crippen LogP contribution in [0.4, 0.5) is 5.69 Å². The fraction of sp³-hybridized carbons (Fsp3) is 0.118. The molecule has 0 aliphatic rings. The Morgan fingerprint density at radius 1 is 1.17 bits per heavy atom. The highest BCUT2D eigenvalue weighted by Gasteiger charge is 2.17. The summed E-state index contributed by atoms with van der Waals surface area (Å²) in [7, 11) is -2.23. The topological polar surface area (TPSA) is 149 Å². The molecule has 3 aromatic rings. The first-order valence-corrected chi connectivity index (χ1v) is 10.9. The highest BCUT2D eigenvalue weighted by atomic mass is 32.2. The van der Waals surface area contributed by atoms with E-state index in [1.165, 1.54) is 11.8 Å². The van der Waals surface area contributed by atoms with Crippen LogP contribution in [0.15, 0.2) is 64.9 Å². The number of benzene rings is 2. The predicted octanol–water partition coefficient (Wildman–Crippen LogP) is 1.64. The number of carbonyl (C=O) groups excluding carboxylic acids is 1. The summed E-state index contributed by atoms with van der Waals surface area (Å²) in [6.07, 6.45) is 1.60. The lowest BCUT2D eigenvalue weighted by Gasteiger charge is -2.09. The molecule has 0 atom stereocenters. The molecule has 0 bridgehead atoms. The van der Waals surface area contributed by atoms with Crippen molar-refractivity contribution in [3.8, 4) is 0 Å². The Kier molecular flexibility index (Phi) is 6.44. The Labute approximate surface area is 175 Å². The van der Waals surface area contributed by atoms with Gasteiger partial charge in [0.2, 0.25) is 0 Å². The SMILES string of the molecule is Cn1cnnc1SCc1ccc(C(=O)NNS(=O)(=O)c2ccc([N+](=O)[O-])cc2)cc1. The molecule has 0 saturated heterocycles. The minimum absolute atomic E-state index is 0.218. The summed E-state index contributed by atoms with van der Waals surface area (Å²) in [5.41, 5.74) is 3.09. The van der Waals surface area contributed by atoms with Crippen LogP contribution in [0, 0.1) is 10.1 Å². The molecule has 0 aliphatic carbocycles. The summed E-state index contributed by atoms with van der Waals surface area (Å²) in [5.74, 6) is -0.0192. The van der Waals surface area contributed by atoms with E-state index in [9.17, 15) is 23.3 Å². The lowest BCUT2D eigenvalue weighted by atomic mass is 10.1. The molecule has 0 saturated carbocycles. The van der Waals surface area contributed by atoms with E-state index in [1.54, 1.807) is 35.2 Å². The lowest BCUT2D eigenvalue weighted by molar-refractivity contribution is -0.384. The molecule has 0 radical (unpaired) electrons. The zero-order valence-corrected chi connectivity index (χ0v) is 17.2. The molecule has 0 spiro atoms. The maximum atomic E-state index is 12.2. The van der Waals surface area contributed by atoms with Crippen molar-refractivity contribution < 1.29 is 18.1 Å². The molecule has 0 unspecified atom stereocenters. The molecule has 0 fully saturated rings. The molecule has 2 N–H and O–H groups in total. The van der Waals surface area contributed by atoms with Gasteiger partial charge in [-0.3, -0.25) is 20.3 Å². The molecule has 2 aromatic carbocycles. The van der Waals surface area contributed by atoms with Crippen molar-refractivity contribution in [1.29, 1.82) is 0 Å². The number of nitrogens with zero attached hydrogens (tertiary/aromatic N) is 4. The quantitative estimate of drug-likeness (QED) is 0.300. The maximum absolute atomic E-state index is 12.2. The third kappa shape index (κ3) is 5.20. The summed E-state index contributed by atoms with van der Waals surface area (Å²) >= 11 is 1.49. The fourth-order valence-corrected chi connectivity index (χ4v) is 3.98. The van der Waals surface area contributed by atoms with Crippen molar-refractivity contribution in [1.82, 2.24) is 25.0 Å². The number of thioether (sulfide) groups is 1. The molecular weight excluding hydrogens is 432 g/mol. The van der Waals surface area contributed by atoms with Crippen LogP contribution in [0.1, 0.15) is 15.9 Å². The van der Waals surface area contributed by atoms with E-state index in [0.717, 1.165) is 35.0 Å². The number of aromatic nitrogens is 3. The molecule has 0 aliphatic heterocycles. The van der Waals surface area contributed by atoms with Gasteiger partial charge in [-0.2, -0.15) is 0 Å². The van der Waals surface area contributed by atoms with Crippen molar-refractivity contribution in [3.63, 3.8) is 0 Å². The standard InChI is InChI=1S/C17H16N6O5S2/c1-22-11-18-20-17(22)29-10-12-2-4-13(5-3-12)16(24)19-21-30(27,28)15-8-6-14(7-9-15)23(25)26/h2-9,11,21H,10H2,1H3,(H,19,24). The first kappa shape index (κ1) is 21.4. The van der Waals surface area contributed by atoms with E-state index >= 15 is 0 Å². The van der Waals surface area contributed by atoms with Crippen LogP contribution < -0.4 is 10.3 Å². The number of non-ortho nitro benzene ring substituents is 1. The first-order chi connectivity index (χ1) is 14.3. The number of nitrogens with one attached hydrogen (secondary N) is 2. The second-order valence-corrected chi connectivity index (χ2v) is 8.65. The highest BCUT2D eigenvalue weighted by Crippen LogP contribution is 2.20. The Balaban J connectivity index is 1.57. The van der Waals surface area contributed by atoms with E-state index < -0.39 is 20.9 Å². The number of hydrogen-bond acceptors (Lipinski definition) is 8. The number of nitro groups is 1. The van der Waals surface area contributed by atoms with Crippen LogP contribution >= 0.6 is 11.8 Å². The van der Waals surface area contributed by atoms with Gasteiger partial charge in [0, 0.05) is 30.5 Å². The summed E-state index contributed by atoms with van der Waals surface area (Å²) in [6.45, 7) is 0. The molecule has 1 aromatic heterocycles. The number of carbonyl (C=O) groups is 1. The van der Waals surface area contributed by atoms with Crippen LogP contribution in [-0.4, -0.2) is 34.0 Å². The van der Waals surface area contributed by atoms with Gasteiger partial charge in [0.1, 0.15) is 6.33 Å². The Hall–Kier alpha value is -3.29. The van der Waals surface area contributed by atoms with E-state index in [-0.39, 0.29) is 16.1 Å². The molecule has 11 nitrogen and oxygen atoms in total. The van der Waals surface area contributed by atoms with Crippen LogP contribution in [-0.2, 0) is 22.8 Å². The van der Waals surface area contributed by atoms with Crippen LogP contribution in [0.3, 0.4) is 0 Å². The Morgan fingerprint density at radius 3 is 2.40 bits per heavy atom. The summed E-state index contributed by atoms with van der Waals surface area (Å²) < 4.78 is 26.2. The third-order valence-electron chi connectivity index (χ3n) is 3.91. The van der Waals surface area contributed by atoms with Gasteiger partial charge in [0.05, 0.1) is 9.82 Å². The second kappa shape index (κ2) is 9.02. The van der Waals surface area contributed by atoms with Gasteiger partial charge < -0.3 is 4.57 Å². The minimum Gasteiger partial charge on any atom is -0.312 e. The average Bonchev–Trinajstić information content (AvgIpc) is 3.15. The van der Waals surface area contributed by atoms with Crippen LogP contribution in [0.25, 0.3) is 0 Å². The number of rotatable bonds is 8. The number of sulfonamides is 1. The van der Waals surface area contributed by atoms with E-state index in [4.69, 9.17) is 0 Å². The van der Waals surface area contributed by atoms with Gasteiger partial charge in [-0.05, 0) is 29.8 Å². The molecule has 1 amide bonds. The smallest absolute Gasteiger partial charge is 0.269 e. The van der Waals surface area contributed by atoms with Crippen molar-refractivity contribution in [2.24, 2.45) is 7.05 Å². The van der Waals surface area contributed by atoms with Gasteiger partial charge in [-0.25, -0.2) is 8.42 Å². The first-order valence-electron chi connectivity index (χ1n) is 8.38. The zero-order chi connectivity index (χ0) is 21.7. The van der Waals surface area contributed by atoms with E-state index in [2.05, 4.69) is 15.6 Å². The summed E-state index contributed by atoms with van der Waals surface area (Å²) in [5, 5.41) is 19.2. The van der Waals surface area contributed by atoms with Gasteiger partial charge >= 0.3 is 0 Å². The van der Waals surface area contributed by atoms with Crippen LogP contribution in [0.2, 0.25) is 0 Å². The Bertz CT molecular complexity index is 1160. The summed E-state index contributed by atoms with van der Waals surface area (Å²) in [6, 6.07) is 10.9. The third-order valence-corrected chi connectivity index (χ3v) is 6.28. The van der Waals surface area contributed by atoms with Gasteiger partial charge in [0.25, 0.3) is 21.6 Å². The number of amides is 1. The fourth-order valence-electron chi connectivity index (χ4n) is 2.30. The van der Waals surface area contributed by atoms with Gasteiger partial charge in [-0.1, -0.05) is 23.9 Å². The lowest BCUT2D eigenvalue weighted by Crippen LogP contribution is -2.41. The van der Waals surface area contributed by atoms with E-state index in [1.807, 2.05) is 11.9 Å². The zero-order valence-electron chi connectivity index (χ0n) is 15.5. The highest BCUT2D eigenvalue weighted by molar-refractivity contribution is 7.98. The molecular formula is C17H16N6O5S2. The summed E-state index contributed by atoms with van der Waals surface area (Å²) in [4.78, 5) is 24.0. The van der Waals surface area contributed by atoms with Gasteiger partial charge in [-0.15, -0.1) is 15.0 Å². The van der Waals surface area contributed by atoms with Crippen molar-refractivity contribution >= 4 is 33.4 Å². The number of aryl methyl sites for hydroxylation is 1. The second-order valence-electron chi connectivity index (χ2n) is 6.02. The monoisotopic (exact) mass is 448 g/mol. The number of hydrogen-bond donors (Lipinski definition) is 2. The average molecular weight is 448 g/mol. The minimum atomic E-state index is -4.07. The van der Waals surface area contributed by atoms with Gasteiger partial charge in [0.15, 0.2) is 5.16 Å². The normalized spacial score (nSPS) is 11.2. The largest absolute Gasteiger partial charge is 0.312 e. The molecule has 1 heterocycles. The van der Waals surface area contributed by atoms with E-state index in [0.29, 0.717) is 5.75 Å². The van der Waals surface area contributed by atoms with Crippen molar-refractivity contribution in [2.45, 2.75) is 15.8 Å².